The molecule has 3 aromatic rings. The van der Waals surface area contributed by atoms with Gasteiger partial charge in [0, 0.05) is 31.4 Å². The molecule has 0 saturated carbocycles. The van der Waals surface area contributed by atoms with Crippen molar-refractivity contribution in [2.75, 3.05) is 36.1 Å². The topological polar surface area (TPSA) is 137 Å². The van der Waals surface area contributed by atoms with Crippen LogP contribution >= 0.6 is 0 Å². The molecule has 0 spiro atoms. The number of anilines is 3. The van der Waals surface area contributed by atoms with Gasteiger partial charge in [0.25, 0.3) is 0 Å². The van der Waals surface area contributed by atoms with E-state index in [2.05, 4.69) is 20.3 Å². The molecule has 0 bridgehead atoms. The summed E-state index contributed by atoms with van der Waals surface area (Å²) in [6, 6.07) is 7.15. The zero-order valence-electron chi connectivity index (χ0n) is 18.5. The van der Waals surface area contributed by atoms with E-state index < -0.39 is 30.0 Å². The number of pyridine rings is 1. The number of aliphatic carboxylic acids is 1. The number of β-amino-alcohol motifs (C(OH)–C–C–N with tert-alkyl or cyclic N) is 1. The second-order valence-corrected chi connectivity index (χ2v) is 7.64. The Morgan fingerprint density at radius 1 is 1.11 bits per heavy atom. The van der Waals surface area contributed by atoms with Gasteiger partial charge in [0.1, 0.15) is 5.82 Å². The highest BCUT2D eigenvalue weighted by molar-refractivity contribution is 5.91. The molecule has 0 amide bonds. The van der Waals surface area contributed by atoms with Gasteiger partial charge in [-0.3, -0.25) is 0 Å². The van der Waals surface area contributed by atoms with Crippen LogP contribution in [-0.4, -0.2) is 63.6 Å². The number of nitrogen functional groups attached to an aromatic ring is 1. The number of fused-ring (bicyclic) bond motifs is 1. The maximum absolute atomic E-state index is 13.8. The Kier molecular flexibility index (Phi) is 7.43. The molecule has 1 fully saturated rings. The highest BCUT2D eigenvalue weighted by atomic mass is 19.4. The summed E-state index contributed by atoms with van der Waals surface area (Å²) < 4.78 is 73.2. The van der Waals surface area contributed by atoms with E-state index in [-0.39, 0.29) is 29.4 Å². The number of alkyl halides is 6. The molecule has 1 unspecified atom stereocenters. The molecule has 2 aromatic heterocycles. The minimum absolute atomic E-state index is 0.0292. The average molecular weight is 518 g/mol. The van der Waals surface area contributed by atoms with Crippen LogP contribution in [0.5, 0.6) is 0 Å². The molecule has 0 aliphatic carbocycles. The Morgan fingerprint density at radius 2 is 1.78 bits per heavy atom. The molecule has 15 heteroatoms. The number of aliphatic hydroxyl groups is 1. The lowest BCUT2D eigenvalue weighted by atomic mass is 10.00. The van der Waals surface area contributed by atoms with Crippen molar-refractivity contribution in [3.63, 3.8) is 0 Å². The molecule has 36 heavy (non-hydrogen) atoms. The number of carbonyl (C=O) groups is 1. The Hall–Kier alpha value is -3.88. The van der Waals surface area contributed by atoms with Gasteiger partial charge in [-0.1, -0.05) is 6.07 Å². The lowest BCUT2D eigenvalue weighted by Gasteiger charge is -2.24. The number of nitrogens with two attached hydrogens (primary N) is 1. The van der Waals surface area contributed by atoms with Crippen LogP contribution in [0.25, 0.3) is 22.3 Å². The fraction of sp³-hybridized carbons (Fsp3) is 0.333. The second kappa shape index (κ2) is 10.0. The third-order valence-corrected chi connectivity index (χ3v) is 5.16. The maximum atomic E-state index is 13.8. The molecule has 194 valence electrons. The molecule has 1 saturated heterocycles. The lowest BCUT2D eigenvalue weighted by molar-refractivity contribution is -0.192. The van der Waals surface area contributed by atoms with Crippen LogP contribution in [0.1, 0.15) is 12.0 Å². The summed E-state index contributed by atoms with van der Waals surface area (Å²) in [5.41, 5.74) is 5.58. The number of aromatic nitrogens is 3. The van der Waals surface area contributed by atoms with E-state index in [0.717, 1.165) is 6.07 Å². The minimum Gasteiger partial charge on any atom is -0.475 e. The Morgan fingerprint density at radius 3 is 2.31 bits per heavy atom. The van der Waals surface area contributed by atoms with Crippen molar-refractivity contribution < 1.29 is 41.4 Å². The molecule has 0 radical (unpaired) electrons. The van der Waals surface area contributed by atoms with E-state index in [9.17, 15) is 31.4 Å². The SMILES string of the molecule is CNc1nc(N)nc2nc(-c3c(N4CCC(O)C4)cccc3C(F)(F)F)ccc12.O=C(O)C(F)(F)F. The number of hydrogen-bond acceptors (Lipinski definition) is 8. The normalized spacial score (nSPS) is 16.0. The quantitative estimate of drug-likeness (QED) is 0.384. The molecule has 9 nitrogen and oxygen atoms in total. The predicted molar refractivity (Wildman–Crippen MR) is 118 cm³/mol. The van der Waals surface area contributed by atoms with Crippen molar-refractivity contribution in [3.8, 4) is 11.3 Å². The van der Waals surface area contributed by atoms with Crippen molar-refractivity contribution in [2.45, 2.75) is 24.9 Å². The summed E-state index contributed by atoms with van der Waals surface area (Å²) in [5.74, 6) is -2.34. The largest absolute Gasteiger partial charge is 0.490 e. The fourth-order valence-electron chi connectivity index (χ4n) is 3.63. The summed E-state index contributed by atoms with van der Waals surface area (Å²) in [4.78, 5) is 23.2. The Labute approximate surface area is 199 Å². The minimum atomic E-state index is -5.08. The molecular formula is C21H20F6N6O3. The highest BCUT2D eigenvalue weighted by Crippen LogP contribution is 2.43. The summed E-state index contributed by atoms with van der Waals surface area (Å²) in [7, 11) is 1.66. The number of carboxylic acids is 1. The Balaban J connectivity index is 0.000000454. The van der Waals surface area contributed by atoms with Crippen LogP contribution in [0.15, 0.2) is 30.3 Å². The second-order valence-electron chi connectivity index (χ2n) is 7.64. The predicted octanol–water partition coefficient (Wildman–Crippen LogP) is 3.54. The number of hydrogen-bond donors (Lipinski definition) is 4. The smallest absolute Gasteiger partial charge is 0.475 e. The lowest BCUT2D eigenvalue weighted by Crippen LogP contribution is -2.23. The monoisotopic (exact) mass is 518 g/mol. The standard InChI is InChI=1S/C19H19F3N6O.C2HF3O2/c1-24-16-11-5-6-13(25-17(11)27-18(23)26-16)15-12(19(20,21)22)3-2-4-14(15)28-8-7-10(29)9-28;3-2(4,5)1(6)7/h2-6,10,29H,7-9H2,1H3,(H3,23,24,25,26,27);(H,6,7). The number of nitrogens with one attached hydrogen (secondary N) is 1. The van der Waals surface area contributed by atoms with Crippen LogP contribution in [0.3, 0.4) is 0 Å². The van der Waals surface area contributed by atoms with E-state index in [1.54, 1.807) is 24.1 Å². The molecule has 4 rings (SSSR count). The van der Waals surface area contributed by atoms with Gasteiger partial charge in [-0.15, -0.1) is 0 Å². The van der Waals surface area contributed by atoms with Crippen molar-refractivity contribution >= 4 is 34.5 Å². The first kappa shape index (κ1) is 26.7. The number of halogens is 6. The van der Waals surface area contributed by atoms with Gasteiger partial charge in [0.05, 0.1) is 22.7 Å². The Bertz CT molecular complexity index is 1270. The third-order valence-electron chi connectivity index (χ3n) is 5.16. The van der Waals surface area contributed by atoms with Gasteiger partial charge in [-0.25, -0.2) is 9.78 Å². The van der Waals surface area contributed by atoms with Crippen LogP contribution in [0, 0.1) is 0 Å². The summed E-state index contributed by atoms with van der Waals surface area (Å²) in [5, 5.41) is 20.4. The summed E-state index contributed by atoms with van der Waals surface area (Å²) in [6.07, 6.45) is -9.73. The number of nitrogens with zero attached hydrogens (tertiary/aromatic N) is 4. The van der Waals surface area contributed by atoms with Gasteiger partial charge in [-0.05, 0) is 30.7 Å². The van der Waals surface area contributed by atoms with Crippen LogP contribution in [-0.2, 0) is 11.0 Å². The van der Waals surface area contributed by atoms with Crippen LogP contribution in [0.2, 0.25) is 0 Å². The molecule has 1 aliphatic heterocycles. The zero-order valence-corrected chi connectivity index (χ0v) is 18.5. The summed E-state index contributed by atoms with van der Waals surface area (Å²) in [6.45, 7) is 0.725. The van der Waals surface area contributed by atoms with Crippen LogP contribution < -0.4 is 16.0 Å². The fourth-order valence-corrected chi connectivity index (χ4v) is 3.63. The first-order valence-electron chi connectivity index (χ1n) is 10.3. The van der Waals surface area contributed by atoms with Gasteiger partial charge in [0.15, 0.2) is 5.65 Å². The molecule has 3 heterocycles. The first-order valence-corrected chi connectivity index (χ1v) is 10.3. The van der Waals surface area contributed by atoms with Crippen molar-refractivity contribution in [1.82, 2.24) is 15.0 Å². The van der Waals surface area contributed by atoms with E-state index in [1.165, 1.54) is 12.1 Å². The third kappa shape index (κ3) is 5.84. The van der Waals surface area contributed by atoms with Crippen molar-refractivity contribution in [1.29, 1.82) is 0 Å². The zero-order chi connectivity index (χ0) is 26.8. The van der Waals surface area contributed by atoms with Gasteiger partial charge in [-0.2, -0.15) is 36.3 Å². The van der Waals surface area contributed by atoms with Gasteiger partial charge in [0.2, 0.25) is 5.95 Å². The average Bonchev–Trinajstić information content (AvgIpc) is 3.22. The van der Waals surface area contributed by atoms with E-state index in [4.69, 9.17) is 15.6 Å². The number of benzene rings is 1. The van der Waals surface area contributed by atoms with Crippen LogP contribution in [0.4, 0.5) is 43.8 Å². The number of carboxylic acid groups (broad SMARTS) is 1. The number of rotatable bonds is 3. The van der Waals surface area contributed by atoms with Gasteiger partial charge < -0.3 is 26.2 Å². The molecule has 1 aliphatic rings. The molecule has 1 atom stereocenters. The first-order chi connectivity index (χ1) is 16.7. The summed E-state index contributed by atoms with van der Waals surface area (Å²) >= 11 is 0. The molecule has 5 N–H and O–H groups in total. The van der Waals surface area contributed by atoms with Crippen molar-refractivity contribution in [3.05, 3.63) is 35.9 Å². The van der Waals surface area contributed by atoms with E-state index in [1.807, 2.05) is 0 Å². The maximum Gasteiger partial charge on any atom is 0.490 e. The molecular weight excluding hydrogens is 498 g/mol. The van der Waals surface area contributed by atoms with E-state index in [0.29, 0.717) is 29.9 Å². The molecule has 1 aromatic carbocycles. The highest BCUT2D eigenvalue weighted by Gasteiger charge is 2.38. The van der Waals surface area contributed by atoms with Crippen molar-refractivity contribution in [2.24, 2.45) is 0 Å². The van der Waals surface area contributed by atoms with E-state index >= 15 is 0 Å². The van der Waals surface area contributed by atoms with Gasteiger partial charge >= 0.3 is 18.3 Å². The number of aliphatic hydroxyl groups excluding tert-OH is 1.